The number of anilines is 1. The fourth-order valence-corrected chi connectivity index (χ4v) is 4.48. The number of aryl methyl sites for hydroxylation is 1. The van der Waals surface area contributed by atoms with Crippen molar-refractivity contribution in [1.82, 2.24) is 20.1 Å². The van der Waals surface area contributed by atoms with Gasteiger partial charge in [-0.25, -0.2) is 4.98 Å². The number of ether oxygens (including phenoxy) is 1. The molecule has 31 heavy (non-hydrogen) atoms. The Bertz CT molecular complexity index is 1090. The van der Waals surface area contributed by atoms with Gasteiger partial charge in [0.15, 0.2) is 17.5 Å². The zero-order valence-corrected chi connectivity index (χ0v) is 17.9. The van der Waals surface area contributed by atoms with Crippen molar-refractivity contribution in [2.75, 3.05) is 25.6 Å². The van der Waals surface area contributed by atoms with Crippen LogP contribution in [0.2, 0.25) is 0 Å². The number of aromatic nitrogens is 3. The molecule has 162 valence electrons. The van der Waals surface area contributed by atoms with E-state index in [0.717, 1.165) is 55.4 Å². The van der Waals surface area contributed by atoms with Gasteiger partial charge in [-0.2, -0.15) is 0 Å². The number of fused-ring (bicyclic) bond motifs is 1. The molecule has 1 N–H and O–H groups in total. The molecule has 1 saturated heterocycles. The Morgan fingerprint density at radius 1 is 1.10 bits per heavy atom. The second-order valence-corrected chi connectivity index (χ2v) is 8.60. The number of likely N-dealkylation sites (N-methyl/N-ethyl adjacent to an activating group) is 1. The fourth-order valence-electron chi connectivity index (χ4n) is 4.48. The van der Waals surface area contributed by atoms with Gasteiger partial charge in [0.1, 0.15) is 0 Å². The van der Waals surface area contributed by atoms with E-state index in [9.17, 15) is 4.79 Å². The minimum absolute atomic E-state index is 0.0169. The number of carbonyl (C=O) groups excluding carboxylic acids is 1. The van der Waals surface area contributed by atoms with Crippen LogP contribution >= 0.6 is 0 Å². The maximum absolute atomic E-state index is 12.8. The third kappa shape index (κ3) is 4.18. The lowest BCUT2D eigenvalue weighted by Gasteiger charge is -2.42. The number of benzene rings is 1. The minimum Gasteiger partial charge on any atom is -0.441 e. The molecular weight excluding hydrogens is 394 g/mol. The van der Waals surface area contributed by atoms with Crippen LogP contribution in [0.15, 0.2) is 34.9 Å². The summed E-state index contributed by atoms with van der Waals surface area (Å²) in [6.45, 7) is 3.47. The van der Waals surface area contributed by atoms with Crippen LogP contribution in [0.1, 0.15) is 31.6 Å². The number of nitrogens with one attached hydrogen (secondary N) is 1. The van der Waals surface area contributed by atoms with Gasteiger partial charge in [0.25, 0.3) is 0 Å². The molecule has 2 aromatic heterocycles. The zero-order valence-electron chi connectivity index (χ0n) is 17.9. The zero-order chi connectivity index (χ0) is 21.4. The molecule has 0 radical (unpaired) electrons. The molecule has 1 aromatic carbocycles. The van der Waals surface area contributed by atoms with Gasteiger partial charge >= 0.3 is 0 Å². The first-order valence-corrected chi connectivity index (χ1v) is 10.9. The third-order valence-corrected chi connectivity index (χ3v) is 6.58. The van der Waals surface area contributed by atoms with E-state index in [1.165, 1.54) is 0 Å². The highest BCUT2D eigenvalue weighted by Gasteiger charge is 2.33. The van der Waals surface area contributed by atoms with Gasteiger partial charge in [-0.1, -0.05) is 0 Å². The summed E-state index contributed by atoms with van der Waals surface area (Å²) in [6, 6.07) is 8.74. The van der Waals surface area contributed by atoms with Crippen LogP contribution in [0.3, 0.4) is 0 Å². The molecule has 0 atom stereocenters. The summed E-state index contributed by atoms with van der Waals surface area (Å²) in [4.78, 5) is 19.4. The van der Waals surface area contributed by atoms with E-state index in [-0.39, 0.29) is 11.8 Å². The molecule has 2 fully saturated rings. The molecule has 1 aliphatic carbocycles. The van der Waals surface area contributed by atoms with Crippen molar-refractivity contribution in [1.29, 1.82) is 0 Å². The maximum atomic E-state index is 12.8. The molecule has 5 rings (SSSR count). The fraction of sp³-hybridized carbons (Fsp3) is 0.478. The lowest BCUT2D eigenvalue weighted by molar-refractivity contribution is -0.121. The first-order chi connectivity index (χ1) is 15.1. The van der Waals surface area contributed by atoms with Gasteiger partial charge in [-0.15, -0.1) is 10.2 Å². The minimum atomic E-state index is 0.0169. The number of rotatable bonds is 5. The molecular formula is C23H27N5O3. The van der Waals surface area contributed by atoms with E-state index in [4.69, 9.17) is 9.15 Å². The Kier molecular flexibility index (Phi) is 5.41. The Balaban J connectivity index is 1.24. The summed E-state index contributed by atoms with van der Waals surface area (Å²) in [5.41, 5.74) is 1.68. The summed E-state index contributed by atoms with van der Waals surface area (Å²) in [5.74, 6) is 1.86. The van der Waals surface area contributed by atoms with E-state index in [1.54, 1.807) is 6.20 Å². The highest BCUT2D eigenvalue weighted by atomic mass is 16.5. The highest BCUT2D eigenvalue weighted by Crippen LogP contribution is 2.30. The van der Waals surface area contributed by atoms with Crippen LogP contribution in [0.5, 0.6) is 0 Å². The monoisotopic (exact) mass is 421 g/mol. The topological polar surface area (TPSA) is 93.4 Å². The van der Waals surface area contributed by atoms with E-state index >= 15 is 0 Å². The van der Waals surface area contributed by atoms with Crippen molar-refractivity contribution < 1.29 is 13.9 Å². The Labute approximate surface area is 181 Å². The average molecular weight is 422 g/mol. The molecule has 0 unspecified atom stereocenters. The first-order valence-electron chi connectivity index (χ1n) is 10.9. The van der Waals surface area contributed by atoms with Gasteiger partial charge in [-0.05, 0) is 57.0 Å². The molecule has 1 amide bonds. The van der Waals surface area contributed by atoms with Crippen LogP contribution in [-0.4, -0.2) is 58.3 Å². The third-order valence-electron chi connectivity index (χ3n) is 6.58. The molecule has 0 spiro atoms. The molecule has 8 nitrogen and oxygen atoms in total. The predicted molar refractivity (Wildman–Crippen MR) is 117 cm³/mol. The average Bonchev–Trinajstić information content (AvgIpc) is 3.18. The number of carbonyl (C=O) groups is 1. The van der Waals surface area contributed by atoms with Gasteiger partial charge in [0, 0.05) is 29.8 Å². The van der Waals surface area contributed by atoms with Crippen LogP contribution in [-0.2, 0) is 9.53 Å². The quantitative estimate of drug-likeness (QED) is 0.675. The SMILES string of the molecule is Cc1ncc(-c2ccc3nnc(NC(=O)[C@H]4CC[C@H](N(C)C5COC5)CC4)cc3c2)o1. The Morgan fingerprint density at radius 3 is 2.58 bits per heavy atom. The Hall–Kier alpha value is -2.84. The molecule has 1 saturated carbocycles. The number of amides is 1. The highest BCUT2D eigenvalue weighted by molar-refractivity contribution is 5.94. The molecule has 3 aromatic rings. The van der Waals surface area contributed by atoms with Crippen molar-refractivity contribution in [2.45, 2.75) is 44.7 Å². The van der Waals surface area contributed by atoms with Crippen molar-refractivity contribution in [2.24, 2.45) is 5.92 Å². The predicted octanol–water partition coefficient (Wildman–Crippen LogP) is 3.42. The number of hydrogen-bond donors (Lipinski definition) is 1. The van der Waals surface area contributed by atoms with E-state index < -0.39 is 0 Å². The van der Waals surface area contributed by atoms with Crippen molar-refractivity contribution in [3.05, 3.63) is 36.4 Å². The molecule has 3 heterocycles. The lowest BCUT2D eigenvalue weighted by atomic mass is 9.84. The van der Waals surface area contributed by atoms with Gasteiger partial charge < -0.3 is 14.5 Å². The van der Waals surface area contributed by atoms with E-state index in [1.807, 2.05) is 31.2 Å². The number of nitrogens with zero attached hydrogens (tertiary/aromatic N) is 4. The normalized spacial score (nSPS) is 21.9. The summed E-state index contributed by atoms with van der Waals surface area (Å²) in [6.07, 6.45) is 5.57. The summed E-state index contributed by atoms with van der Waals surface area (Å²) in [7, 11) is 2.18. The van der Waals surface area contributed by atoms with Crippen molar-refractivity contribution >= 4 is 22.6 Å². The summed E-state index contributed by atoms with van der Waals surface area (Å²) >= 11 is 0. The van der Waals surface area contributed by atoms with E-state index in [2.05, 4.69) is 32.4 Å². The summed E-state index contributed by atoms with van der Waals surface area (Å²) < 4.78 is 10.9. The molecule has 0 bridgehead atoms. The van der Waals surface area contributed by atoms with Crippen LogP contribution in [0, 0.1) is 12.8 Å². The maximum Gasteiger partial charge on any atom is 0.228 e. The standard InChI is InChI=1S/C23H27N5O3/c1-14-24-11-21(31-14)16-5-8-20-17(9-16)10-22(27-26-20)25-23(29)15-3-6-18(7-4-15)28(2)19-12-30-13-19/h5,8-11,15,18-19H,3-4,6-7,12-13H2,1-2H3,(H,25,27,29)/t15-,18-. The van der Waals surface area contributed by atoms with Gasteiger partial charge in [0.05, 0.1) is 31.0 Å². The van der Waals surface area contributed by atoms with Gasteiger partial charge in [-0.3, -0.25) is 9.69 Å². The smallest absolute Gasteiger partial charge is 0.228 e. The largest absolute Gasteiger partial charge is 0.441 e. The first kappa shape index (κ1) is 20.1. The van der Waals surface area contributed by atoms with Crippen molar-refractivity contribution in [3.8, 4) is 11.3 Å². The number of hydrogen-bond acceptors (Lipinski definition) is 7. The van der Waals surface area contributed by atoms with Gasteiger partial charge in [0.2, 0.25) is 5.91 Å². The van der Waals surface area contributed by atoms with Crippen LogP contribution < -0.4 is 5.32 Å². The lowest BCUT2D eigenvalue weighted by Crippen LogP contribution is -2.52. The van der Waals surface area contributed by atoms with Crippen LogP contribution in [0.4, 0.5) is 5.82 Å². The summed E-state index contributed by atoms with van der Waals surface area (Å²) in [5, 5.41) is 12.3. The van der Waals surface area contributed by atoms with E-state index in [0.29, 0.717) is 29.6 Å². The molecule has 2 aliphatic rings. The second-order valence-electron chi connectivity index (χ2n) is 8.60. The van der Waals surface area contributed by atoms with Crippen molar-refractivity contribution in [3.63, 3.8) is 0 Å². The van der Waals surface area contributed by atoms with Crippen LogP contribution in [0.25, 0.3) is 22.2 Å². The second kappa shape index (κ2) is 8.36. The Morgan fingerprint density at radius 2 is 1.90 bits per heavy atom. The molecule has 1 aliphatic heterocycles. The number of oxazole rings is 1. The molecule has 8 heteroatoms.